The van der Waals surface area contributed by atoms with Crippen LogP contribution in [0.5, 0.6) is 0 Å². The molecule has 1 amide bonds. The van der Waals surface area contributed by atoms with Gasteiger partial charge in [0.15, 0.2) is 5.82 Å². The van der Waals surface area contributed by atoms with Gasteiger partial charge in [-0.15, -0.1) is 0 Å². The summed E-state index contributed by atoms with van der Waals surface area (Å²) in [6, 6.07) is 1.89. The highest BCUT2D eigenvalue weighted by Crippen LogP contribution is 2.37. The van der Waals surface area contributed by atoms with Crippen molar-refractivity contribution in [2.45, 2.75) is 45.6 Å². The average Bonchev–Trinajstić information content (AvgIpc) is 3.20. The lowest BCUT2D eigenvalue weighted by molar-refractivity contribution is 0.0916. The van der Waals surface area contributed by atoms with Crippen LogP contribution in [-0.4, -0.2) is 38.4 Å². The van der Waals surface area contributed by atoms with Gasteiger partial charge in [0.1, 0.15) is 0 Å². The van der Waals surface area contributed by atoms with Gasteiger partial charge in [0.05, 0.1) is 11.7 Å². The van der Waals surface area contributed by atoms with Crippen molar-refractivity contribution in [3.05, 3.63) is 34.7 Å². The Balaban J connectivity index is 1.60. The summed E-state index contributed by atoms with van der Waals surface area (Å²) in [5, 5.41) is 17.0. The number of amides is 1. The van der Waals surface area contributed by atoms with Gasteiger partial charge in [0.25, 0.3) is 5.91 Å². The highest BCUT2D eigenvalue weighted by atomic mass is 16.5. The molecule has 0 unspecified atom stereocenters. The molecule has 1 saturated carbocycles. The van der Waals surface area contributed by atoms with E-state index in [0.717, 1.165) is 17.8 Å². The normalized spacial score (nSPS) is 23.6. The van der Waals surface area contributed by atoms with Gasteiger partial charge < -0.3 is 19.5 Å². The zero-order chi connectivity index (χ0) is 17.4. The van der Waals surface area contributed by atoms with Gasteiger partial charge >= 0.3 is 0 Å². The number of hydrogen-bond donors (Lipinski definition) is 2. The predicted octanol–water partition coefficient (Wildman–Crippen LogP) is 1.62. The van der Waals surface area contributed by atoms with Crippen molar-refractivity contribution in [1.29, 1.82) is 0 Å². The third-order valence-electron chi connectivity index (χ3n) is 5.09. The van der Waals surface area contributed by atoms with E-state index >= 15 is 0 Å². The molecule has 2 aromatic heterocycles. The highest BCUT2D eigenvalue weighted by Gasteiger charge is 2.36. The number of aromatic nitrogens is 3. The second-order valence-electron chi connectivity index (χ2n) is 6.73. The molecule has 2 aromatic rings. The van der Waals surface area contributed by atoms with E-state index in [-0.39, 0.29) is 17.7 Å². The standard InChI is InChI=1S/C17H24N4O3/c1-9-5-14(10(2)21(9)4)16(23)18-8-13-6-12(7-15(13)22)17-19-11(3)20-24-17/h5,12-13,15,22H,6-8H2,1-4H3,(H,18,23)/t12-,13+,15+/m0/s1. The topological polar surface area (TPSA) is 93.2 Å². The van der Waals surface area contributed by atoms with Crippen molar-refractivity contribution >= 4 is 5.91 Å². The van der Waals surface area contributed by atoms with Crippen molar-refractivity contribution in [3.8, 4) is 0 Å². The molecule has 0 spiro atoms. The van der Waals surface area contributed by atoms with E-state index in [1.165, 1.54) is 0 Å². The van der Waals surface area contributed by atoms with E-state index in [4.69, 9.17) is 4.52 Å². The Morgan fingerprint density at radius 3 is 2.75 bits per heavy atom. The van der Waals surface area contributed by atoms with Gasteiger partial charge in [-0.3, -0.25) is 4.79 Å². The minimum absolute atomic E-state index is 0.00345. The molecule has 0 saturated heterocycles. The van der Waals surface area contributed by atoms with Gasteiger partial charge in [0.2, 0.25) is 5.89 Å². The first-order valence-electron chi connectivity index (χ1n) is 8.26. The third kappa shape index (κ3) is 3.08. The molecule has 0 aliphatic heterocycles. The van der Waals surface area contributed by atoms with Gasteiger partial charge in [-0.2, -0.15) is 4.98 Å². The van der Waals surface area contributed by atoms with Crippen LogP contribution in [0.3, 0.4) is 0 Å². The number of carbonyl (C=O) groups excluding carboxylic acids is 1. The van der Waals surface area contributed by atoms with E-state index < -0.39 is 6.10 Å². The summed E-state index contributed by atoms with van der Waals surface area (Å²) in [5.41, 5.74) is 2.67. The molecule has 7 heteroatoms. The molecule has 130 valence electrons. The number of nitrogens with one attached hydrogen (secondary N) is 1. The summed E-state index contributed by atoms with van der Waals surface area (Å²) in [7, 11) is 1.94. The van der Waals surface area contributed by atoms with Crippen LogP contribution in [0.1, 0.15) is 52.2 Å². The van der Waals surface area contributed by atoms with Gasteiger partial charge in [-0.25, -0.2) is 0 Å². The Hall–Kier alpha value is -2.15. The molecule has 0 aromatic carbocycles. The lowest BCUT2D eigenvalue weighted by Crippen LogP contribution is -2.32. The number of aliphatic hydroxyl groups is 1. The van der Waals surface area contributed by atoms with Crippen LogP contribution in [0, 0.1) is 26.7 Å². The molecule has 1 aliphatic carbocycles. The minimum atomic E-state index is -0.471. The number of aryl methyl sites for hydroxylation is 2. The molecular weight excluding hydrogens is 308 g/mol. The Bertz CT molecular complexity index is 749. The maximum Gasteiger partial charge on any atom is 0.253 e. The third-order valence-corrected chi connectivity index (χ3v) is 5.09. The molecule has 2 N–H and O–H groups in total. The fraction of sp³-hybridized carbons (Fsp3) is 0.588. The Morgan fingerprint density at radius 2 is 2.17 bits per heavy atom. The minimum Gasteiger partial charge on any atom is -0.393 e. The number of hydrogen-bond acceptors (Lipinski definition) is 5. The summed E-state index contributed by atoms with van der Waals surface area (Å²) < 4.78 is 7.20. The zero-order valence-corrected chi connectivity index (χ0v) is 14.5. The Morgan fingerprint density at radius 1 is 1.42 bits per heavy atom. The Kier molecular flexibility index (Phi) is 4.45. The maximum absolute atomic E-state index is 12.4. The van der Waals surface area contributed by atoms with Crippen LogP contribution < -0.4 is 5.32 Å². The number of nitrogens with zero attached hydrogens (tertiary/aromatic N) is 3. The van der Waals surface area contributed by atoms with Crippen LogP contribution >= 0.6 is 0 Å². The van der Waals surface area contributed by atoms with Crippen molar-refractivity contribution in [1.82, 2.24) is 20.0 Å². The number of aliphatic hydroxyl groups excluding tert-OH is 1. The largest absolute Gasteiger partial charge is 0.393 e. The second kappa shape index (κ2) is 6.39. The molecule has 24 heavy (non-hydrogen) atoms. The van der Waals surface area contributed by atoms with Crippen molar-refractivity contribution < 1.29 is 14.4 Å². The summed E-state index contributed by atoms with van der Waals surface area (Å²) in [6.07, 6.45) is 0.850. The number of carbonyl (C=O) groups is 1. The van der Waals surface area contributed by atoms with Crippen LogP contribution in [0.2, 0.25) is 0 Å². The van der Waals surface area contributed by atoms with Crippen LogP contribution in [0.4, 0.5) is 0 Å². The summed E-state index contributed by atoms with van der Waals surface area (Å²) in [4.78, 5) is 16.7. The van der Waals surface area contributed by atoms with Crippen molar-refractivity contribution in [3.63, 3.8) is 0 Å². The summed E-state index contributed by atoms with van der Waals surface area (Å²) in [5.74, 6) is 1.14. The fourth-order valence-electron chi connectivity index (χ4n) is 3.41. The first-order chi connectivity index (χ1) is 11.4. The first-order valence-corrected chi connectivity index (χ1v) is 8.26. The van der Waals surface area contributed by atoms with Crippen LogP contribution in [-0.2, 0) is 7.05 Å². The maximum atomic E-state index is 12.4. The van der Waals surface area contributed by atoms with Crippen molar-refractivity contribution in [2.75, 3.05) is 6.54 Å². The lowest BCUT2D eigenvalue weighted by Gasteiger charge is -2.15. The lowest BCUT2D eigenvalue weighted by atomic mass is 10.0. The van der Waals surface area contributed by atoms with E-state index in [2.05, 4.69) is 15.5 Å². The molecule has 3 rings (SSSR count). The second-order valence-corrected chi connectivity index (χ2v) is 6.73. The summed E-state index contributed by atoms with van der Waals surface area (Å²) in [6.45, 7) is 6.12. The molecule has 7 nitrogen and oxygen atoms in total. The fourth-order valence-corrected chi connectivity index (χ4v) is 3.41. The van der Waals surface area contributed by atoms with Gasteiger partial charge in [0, 0.05) is 36.8 Å². The molecule has 2 heterocycles. The zero-order valence-electron chi connectivity index (χ0n) is 14.5. The molecule has 0 bridgehead atoms. The van der Waals surface area contributed by atoms with Gasteiger partial charge in [-0.1, -0.05) is 5.16 Å². The van der Waals surface area contributed by atoms with E-state index in [1.54, 1.807) is 6.92 Å². The predicted molar refractivity (Wildman–Crippen MR) is 87.7 cm³/mol. The van der Waals surface area contributed by atoms with E-state index in [1.807, 2.05) is 31.5 Å². The quantitative estimate of drug-likeness (QED) is 0.887. The van der Waals surface area contributed by atoms with E-state index in [0.29, 0.717) is 30.2 Å². The smallest absolute Gasteiger partial charge is 0.253 e. The van der Waals surface area contributed by atoms with E-state index in [9.17, 15) is 9.90 Å². The Labute approximate surface area is 141 Å². The summed E-state index contributed by atoms with van der Waals surface area (Å²) >= 11 is 0. The van der Waals surface area contributed by atoms with Crippen LogP contribution in [0.25, 0.3) is 0 Å². The SMILES string of the molecule is Cc1noc([C@H]2C[C@H](CNC(=O)c3cc(C)n(C)c3C)[C@H](O)C2)n1. The monoisotopic (exact) mass is 332 g/mol. The van der Waals surface area contributed by atoms with Crippen molar-refractivity contribution in [2.24, 2.45) is 13.0 Å². The van der Waals surface area contributed by atoms with Crippen LogP contribution in [0.15, 0.2) is 10.6 Å². The highest BCUT2D eigenvalue weighted by molar-refractivity contribution is 5.95. The van der Waals surface area contributed by atoms with Gasteiger partial charge in [-0.05, 0) is 39.7 Å². The molecule has 1 aliphatic rings. The number of rotatable bonds is 4. The molecule has 1 fully saturated rings. The molecular formula is C17H24N4O3. The molecule has 0 radical (unpaired) electrons. The first kappa shape index (κ1) is 16.7. The molecule has 3 atom stereocenters. The average molecular weight is 332 g/mol.